The van der Waals surface area contributed by atoms with Crippen molar-refractivity contribution in [2.45, 2.75) is 71.4 Å². The number of nitrogens with one attached hydrogen (secondary N) is 1. The van der Waals surface area contributed by atoms with E-state index in [1.807, 2.05) is 36.1 Å². The molecule has 2 aliphatic heterocycles. The molecule has 0 radical (unpaired) electrons. The van der Waals surface area contributed by atoms with E-state index in [0.29, 0.717) is 30.3 Å². The summed E-state index contributed by atoms with van der Waals surface area (Å²) in [7, 11) is -2.83. The zero-order chi connectivity index (χ0) is 36.7. The monoisotopic (exact) mass is 720 g/mol. The van der Waals surface area contributed by atoms with Crippen molar-refractivity contribution >= 4 is 31.3 Å². The number of benzene rings is 1. The second-order valence-electron chi connectivity index (χ2n) is 12.5. The van der Waals surface area contributed by atoms with E-state index in [9.17, 15) is 33.8 Å². The van der Waals surface area contributed by atoms with E-state index in [0.717, 1.165) is 25.2 Å². The smallest absolute Gasteiger partial charge is 0.407 e. The lowest BCUT2D eigenvalue weighted by Gasteiger charge is -2.35. The number of hydrogen-bond donors (Lipinski definition) is 4. The molecule has 2 fully saturated rings. The van der Waals surface area contributed by atoms with Gasteiger partial charge in [-0.1, -0.05) is 56.5 Å². The minimum atomic E-state index is -4.47. The van der Waals surface area contributed by atoms with Gasteiger partial charge >= 0.3 is 13.7 Å². The van der Waals surface area contributed by atoms with Crippen LogP contribution < -0.4 is 10.2 Å². The molecule has 0 bridgehead atoms. The van der Waals surface area contributed by atoms with E-state index in [1.54, 1.807) is 7.11 Å². The zero-order valence-electron chi connectivity index (χ0n) is 29.6. The number of carboxylic acid groups (broad SMARTS) is 1. The summed E-state index contributed by atoms with van der Waals surface area (Å²) in [5, 5.41) is 11.8. The number of hydrogen-bond acceptors (Lipinski definition) is 9. The molecule has 2 atom stereocenters. The van der Waals surface area contributed by atoms with Crippen LogP contribution in [0.5, 0.6) is 0 Å². The maximum absolute atomic E-state index is 13.5. The molecular weight excluding hydrogens is 667 g/mol. The molecular formula is C34H53N6O9P. The van der Waals surface area contributed by atoms with Gasteiger partial charge in [-0.25, -0.2) is 14.8 Å². The molecule has 2 aromatic rings. The Hall–Kier alpha value is -3.62. The minimum absolute atomic E-state index is 0.00359. The molecule has 15 nitrogen and oxygen atoms in total. The molecule has 0 saturated carbocycles. The summed E-state index contributed by atoms with van der Waals surface area (Å²) in [5.41, 5.74) is 1.73. The highest BCUT2D eigenvalue weighted by molar-refractivity contribution is 7.51. The molecule has 1 aromatic heterocycles. The van der Waals surface area contributed by atoms with Crippen LogP contribution in [0.4, 0.5) is 10.6 Å². The first-order valence-corrected chi connectivity index (χ1v) is 19.1. The van der Waals surface area contributed by atoms with Crippen LogP contribution in [-0.2, 0) is 18.8 Å². The van der Waals surface area contributed by atoms with Crippen LogP contribution >= 0.6 is 7.60 Å². The van der Waals surface area contributed by atoms with Gasteiger partial charge in [0.15, 0.2) is 5.82 Å². The molecule has 50 heavy (non-hydrogen) atoms. The SMILES string of the molecule is CCCCOCCCC.CO[C@H]1CCN(c2cc(C(=O)N[C@@H](CCP(=O)(O)O)C(=O)N3CCN(C(=O)O)CC3)nc(-c3ccc(C)cc3)n2)C1. The second kappa shape index (κ2) is 20.3. The average molecular weight is 721 g/mol. The first-order chi connectivity index (χ1) is 23.8. The standard InChI is InChI=1S/C26H35N6O8P.C8H18O/c1-17-3-5-18(6-4-17)23-27-21(15-22(29-23)32-9-7-19(16-32)40-2)24(33)28-20(8-14-41(37,38)39)25(34)30-10-12-31(13-11-30)26(35)36;1-3-5-7-9-8-6-4-2/h3-6,15,19-20H,7-14,16H2,1-2H3,(H,28,33)(H,35,36)(H2,37,38,39);3-8H2,1-2H3/t19-,20-;/m0./s1. The normalized spacial score (nSPS) is 16.8. The molecule has 16 heteroatoms. The number of methoxy groups -OCH3 is 1. The number of nitrogens with zero attached hydrogens (tertiary/aromatic N) is 5. The van der Waals surface area contributed by atoms with Crippen molar-refractivity contribution < 1.29 is 43.3 Å². The fourth-order valence-corrected chi connectivity index (χ4v) is 5.99. The van der Waals surface area contributed by atoms with Crippen molar-refractivity contribution in [1.29, 1.82) is 0 Å². The lowest BCUT2D eigenvalue weighted by molar-refractivity contribution is -0.134. The predicted molar refractivity (Wildman–Crippen MR) is 189 cm³/mol. The van der Waals surface area contributed by atoms with E-state index in [4.69, 9.17) is 14.5 Å². The number of unbranched alkanes of at least 4 members (excludes halogenated alkanes) is 2. The van der Waals surface area contributed by atoms with Gasteiger partial charge in [-0.2, -0.15) is 0 Å². The highest BCUT2D eigenvalue weighted by Crippen LogP contribution is 2.35. The van der Waals surface area contributed by atoms with Gasteiger partial charge < -0.3 is 44.4 Å². The molecule has 4 N–H and O–H groups in total. The highest BCUT2D eigenvalue weighted by atomic mass is 31.2. The Morgan fingerprint density at radius 1 is 0.980 bits per heavy atom. The van der Waals surface area contributed by atoms with Crippen LogP contribution in [0.2, 0.25) is 0 Å². The number of carbonyl (C=O) groups is 3. The van der Waals surface area contributed by atoms with Crippen LogP contribution in [0.15, 0.2) is 30.3 Å². The van der Waals surface area contributed by atoms with Crippen molar-refractivity contribution in [3.8, 4) is 11.4 Å². The first kappa shape index (κ1) is 40.8. The summed E-state index contributed by atoms with van der Waals surface area (Å²) in [6.45, 7) is 9.84. The molecule has 0 unspecified atom stereocenters. The van der Waals surface area contributed by atoms with Crippen molar-refractivity contribution in [2.75, 3.05) is 70.7 Å². The van der Waals surface area contributed by atoms with Crippen LogP contribution in [-0.4, -0.2) is 130 Å². The van der Waals surface area contributed by atoms with Gasteiger partial charge in [-0.05, 0) is 32.6 Å². The second-order valence-corrected chi connectivity index (χ2v) is 14.3. The van der Waals surface area contributed by atoms with E-state index in [1.165, 1.54) is 41.5 Å². The molecule has 278 valence electrons. The third-order valence-electron chi connectivity index (χ3n) is 8.52. The van der Waals surface area contributed by atoms with Gasteiger partial charge in [0.05, 0.1) is 12.3 Å². The molecule has 2 saturated heterocycles. The lowest BCUT2D eigenvalue weighted by atomic mass is 10.1. The Kier molecular flexibility index (Phi) is 16.6. The van der Waals surface area contributed by atoms with Crippen LogP contribution in [0.1, 0.15) is 68.4 Å². The van der Waals surface area contributed by atoms with Crippen molar-refractivity contribution in [1.82, 2.24) is 25.1 Å². The van der Waals surface area contributed by atoms with Gasteiger partial charge in [-0.15, -0.1) is 0 Å². The number of aromatic nitrogens is 2. The number of rotatable bonds is 15. The predicted octanol–water partition coefficient (Wildman–Crippen LogP) is 3.77. The molecule has 1 aromatic carbocycles. The summed E-state index contributed by atoms with van der Waals surface area (Å²) in [6.07, 6.45) is 3.69. The Morgan fingerprint density at radius 2 is 1.60 bits per heavy atom. The average Bonchev–Trinajstić information content (AvgIpc) is 3.59. The van der Waals surface area contributed by atoms with Crippen molar-refractivity contribution in [3.63, 3.8) is 0 Å². The summed E-state index contributed by atoms with van der Waals surface area (Å²) < 4.78 is 22.4. The molecule has 4 rings (SSSR count). The largest absolute Gasteiger partial charge is 0.465 e. The van der Waals surface area contributed by atoms with Crippen molar-refractivity contribution in [2.24, 2.45) is 0 Å². The number of ether oxygens (including phenoxy) is 2. The van der Waals surface area contributed by atoms with Crippen molar-refractivity contribution in [3.05, 3.63) is 41.6 Å². The molecule has 0 spiro atoms. The van der Waals surface area contributed by atoms with E-state index < -0.39 is 37.7 Å². The van der Waals surface area contributed by atoms with Crippen LogP contribution in [0, 0.1) is 6.92 Å². The van der Waals surface area contributed by atoms with Gasteiger partial charge in [0.2, 0.25) is 5.91 Å². The van der Waals surface area contributed by atoms with E-state index >= 15 is 0 Å². The molecule has 2 aliphatic rings. The summed E-state index contributed by atoms with van der Waals surface area (Å²) in [4.78, 5) is 70.8. The van der Waals surface area contributed by atoms with Gasteiger partial charge in [0, 0.05) is 71.2 Å². The number of carbonyl (C=O) groups excluding carboxylic acids is 2. The van der Waals surface area contributed by atoms with Gasteiger partial charge in [-0.3, -0.25) is 14.2 Å². The quantitative estimate of drug-likeness (QED) is 0.154. The Labute approximate surface area is 294 Å². The van der Waals surface area contributed by atoms with E-state index in [2.05, 4.69) is 24.1 Å². The summed E-state index contributed by atoms with van der Waals surface area (Å²) in [5.74, 6) is -0.412. The van der Waals surface area contributed by atoms with Gasteiger partial charge in [0.1, 0.15) is 17.6 Å². The fourth-order valence-electron chi connectivity index (χ4n) is 5.39. The molecule has 0 aliphatic carbocycles. The van der Waals surface area contributed by atoms with Crippen LogP contribution in [0.3, 0.4) is 0 Å². The molecule has 3 amide bonds. The van der Waals surface area contributed by atoms with Gasteiger partial charge in [0.25, 0.3) is 5.91 Å². The van der Waals surface area contributed by atoms with E-state index in [-0.39, 0.29) is 44.4 Å². The third kappa shape index (κ3) is 13.3. The topological polar surface area (TPSA) is 195 Å². The molecule has 3 heterocycles. The Balaban J connectivity index is 0.000000661. The summed E-state index contributed by atoms with van der Waals surface area (Å²) in [6, 6.07) is 7.78. The lowest BCUT2D eigenvalue weighted by Crippen LogP contribution is -2.56. The Morgan fingerprint density at radius 3 is 2.14 bits per heavy atom. The Bertz CT molecular complexity index is 1430. The summed E-state index contributed by atoms with van der Waals surface area (Å²) >= 11 is 0. The number of anilines is 1. The number of piperazine rings is 1. The first-order valence-electron chi connectivity index (χ1n) is 17.3. The third-order valence-corrected chi connectivity index (χ3v) is 9.36. The number of amides is 3. The maximum atomic E-state index is 13.5. The van der Waals surface area contributed by atoms with Crippen LogP contribution in [0.25, 0.3) is 11.4 Å². The fraction of sp³-hybridized carbons (Fsp3) is 0.618. The maximum Gasteiger partial charge on any atom is 0.407 e. The minimum Gasteiger partial charge on any atom is -0.465 e. The highest BCUT2D eigenvalue weighted by Gasteiger charge is 2.32. The number of aryl methyl sites for hydroxylation is 1. The zero-order valence-corrected chi connectivity index (χ0v) is 30.5.